The molecule has 0 aliphatic heterocycles. The molecule has 0 unspecified atom stereocenters. The van der Waals surface area contributed by atoms with E-state index in [-0.39, 0.29) is 6.04 Å². The Hall–Kier alpha value is -2.04. The number of imide groups is 1. The van der Waals surface area contributed by atoms with Gasteiger partial charge in [-0.3, -0.25) is 10.1 Å². The minimum absolute atomic E-state index is 0.178. The van der Waals surface area contributed by atoms with Crippen molar-refractivity contribution in [3.8, 4) is 5.75 Å². The largest absolute Gasteiger partial charge is 0.481 e. The van der Waals surface area contributed by atoms with Gasteiger partial charge in [0.15, 0.2) is 6.10 Å². The molecule has 1 aliphatic rings. The van der Waals surface area contributed by atoms with E-state index < -0.39 is 18.0 Å². The molecule has 1 aromatic carbocycles. The third-order valence-corrected chi connectivity index (χ3v) is 3.60. The zero-order valence-electron chi connectivity index (χ0n) is 12.3. The molecule has 3 amide bonds. The van der Waals surface area contributed by atoms with Crippen LogP contribution in [0.3, 0.4) is 0 Å². The predicted octanol–water partition coefficient (Wildman–Crippen LogP) is 2.61. The normalized spacial score (nSPS) is 16.8. The van der Waals surface area contributed by atoms with Crippen LogP contribution >= 0.6 is 0 Å². The van der Waals surface area contributed by atoms with Crippen LogP contribution in [0.4, 0.5) is 4.79 Å². The van der Waals surface area contributed by atoms with Gasteiger partial charge in [0.2, 0.25) is 0 Å². The van der Waals surface area contributed by atoms with E-state index in [0.29, 0.717) is 5.75 Å². The average Bonchev–Trinajstić information content (AvgIpc) is 2.49. The Labute approximate surface area is 125 Å². The van der Waals surface area contributed by atoms with Crippen LogP contribution < -0.4 is 15.4 Å². The summed E-state index contributed by atoms with van der Waals surface area (Å²) >= 11 is 0. The molecule has 1 aliphatic carbocycles. The molecule has 0 radical (unpaired) electrons. The molecule has 21 heavy (non-hydrogen) atoms. The number of carbonyl (C=O) groups excluding carboxylic acids is 2. The lowest BCUT2D eigenvalue weighted by Gasteiger charge is -2.23. The molecule has 0 spiro atoms. The Morgan fingerprint density at radius 2 is 1.81 bits per heavy atom. The van der Waals surface area contributed by atoms with Crippen LogP contribution in [0.5, 0.6) is 5.75 Å². The summed E-state index contributed by atoms with van der Waals surface area (Å²) in [5, 5.41) is 5.18. The smallest absolute Gasteiger partial charge is 0.321 e. The second-order valence-corrected chi connectivity index (χ2v) is 5.37. The van der Waals surface area contributed by atoms with E-state index in [1.165, 1.54) is 6.42 Å². The minimum Gasteiger partial charge on any atom is -0.481 e. The van der Waals surface area contributed by atoms with Crippen molar-refractivity contribution in [1.29, 1.82) is 0 Å². The zero-order valence-corrected chi connectivity index (χ0v) is 12.3. The van der Waals surface area contributed by atoms with Crippen LogP contribution in [0, 0.1) is 0 Å². The Bertz CT molecular complexity index is 470. The number of hydrogen-bond acceptors (Lipinski definition) is 3. The van der Waals surface area contributed by atoms with E-state index in [9.17, 15) is 9.59 Å². The maximum absolute atomic E-state index is 11.9. The number of carbonyl (C=O) groups is 2. The quantitative estimate of drug-likeness (QED) is 0.895. The second kappa shape index (κ2) is 7.67. The first-order valence-electron chi connectivity index (χ1n) is 7.48. The monoisotopic (exact) mass is 290 g/mol. The lowest BCUT2D eigenvalue weighted by atomic mass is 9.96. The van der Waals surface area contributed by atoms with E-state index in [2.05, 4.69) is 10.6 Å². The van der Waals surface area contributed by atoms with Crippen molar-refractivity contribution in [1.82, 2.24) is 10.6 Å². The van der Waals surface area contributed by atoms with Crippen molar-refractivity contribution >= 4 is 11.9 Å². The number of para-hydroxylation sites is 1. The average molecular weight is 290 g/mol. The predicted molar refractivity (Wildman–Crippen MR) is 80.1 cm³/mol. The van der Waals surface area contributed by atoms with E-state index in [0.717, 1.165) is 25.7 Å². The highest BCUT2D eigenvalue weighted by molar-refractivity contribution is 5.96. The Morgan fingerprint density at radius 3 is 2.48 bits per heavy atom. The van der Waals surface area contributed by atoms with Gasteiger partial charge in [-0.05, 0) is 31.9 Å². The summed E-state index contributed by atoms with van der Waals surface area (Å²) in [6.45, 7) is 1.62. The number of ether oxygens (including phenoxy) is 1. The lowest BCUT2D eigenvalue weighted by Crippen LogP contribution is -2.48. The Balaban J connectivity index is 1.76. The van der Waals surface area contributed by atoms with Crippen LogP contribution in [0.25, 0.3) is 0 Å². The summed E-state index contributed by atoms with van der Waals surface area (Å²) in [5.74, 6) is 0.167. The number of nitrogens with one attached hydrogen (secondary N) is 2. The SMILES string of the molecule is C[C@@H](Oc1ccccc1)C(=O)NC(=O)NC1CCCCC1. The summed E-state index contributed by atoms with van der Waals surface area (Å²) in [7, 11) is 0. The molecule has 0 bridgehead atoms. The standard InChI is InChI=1S/C16H22N2O3/c1-12(21-14-10-6-3-7-11-14)15(19)18-16(20)17-13-8-4-2-5-9-13/h3,6-7,10-13H,2,4-5,8-9H2,1H3,(H2,17,18,19,20)/t12-/m1/s1. The van der Waals surface area contributed by atoms with Gasteiger partial charge in [0.05, 0.1) is 0 Å². The molecular weight excluding hydrogens is 268 g/mol. The highest BCUT2D eigenvalue weighted by Gasteiger charge is 2.20. The van der Waals surface area contributed by atoms with Crippen molar-refractivity contribution in [2.45, 2.75) is 51.2 Å². The maximum atomic E-state index is 11.9. The van der Waals surface area contributed by atoms with Gasteiger partial charge in [0, 0.05) is 6.04 Å². The van der Waals surface area contributed by atoms with Gasteiger partial charge in [-0.1, -0.05) is 37.5 Å². The maximum Gasteiger partial charge on any atom is 0.321 e. The van der Waals surface area contributed by atoms with Crippen LogP contribution in [-0.4, -0.2) is 24.1 Å². The first-order chi connectivity index (χ1) is 10.1. The van der Waals surface area contributed by atoms with E-state index in [1.807, 2.05) is 18.2 Å². The van der Waals surface area contributed by atoms with Gasteiger partial charge in [-0.2, -0.15) is 0 Å². The van der Waals surface area contributed by atoms with Crippen LogP contribution in [-0.2, 0) is 4.79 Å². The van der Waals surface area contributed by atoms with Crippen molar-refractivity contribution in [3.63, 3.8) is 0 Å². The van der Waals surface area contributed by atoms with Crippen molar-refractivity contribution in [2.24, 2.45) is 0 Å². The van der Waals surface area contributed by atoms with Crippen LogP contribution in [0.2, 0.25) is 0 Å². The molecule has 0 saturated heterocycles. The molecule has 114 valence electrons. The van der Waals surface area contributed by atoms with Crippen molar-refractivity contribution in [3.05, 3.63) is 30.3 Å². The molecular formula is C16H22N2O3. The molecule has 0 aromatic heterocycles. The molecule has 0 heterocycles. The number of urea groups is 1. The number of amides is 3. The Morgan fingerprint density at radius 1 is 1.14 bits per heavy atom. The number of benzene rings is 1. The summed E-state index contributed by atoms with van der Waals surface area (Å²) in [6, 6.07) is 8.81. The number of hydrogen-bond donors (Lipinski definition) is 2. The van der Waals surface area contributed by atoms with Gasteiger partial charge < -0.3 is 10.1 Å². The van der Waals surface area contributed by atoms with Gasteiger partial charge in [0.25, 0.3) is 5.91 Å². The minimum atomic E-state index is -0.718. The molecule has 2 N–H and O–H groups in total. The van der Waals surface area contributed by atoms with E-state index in [1.54, 1.807) is 19.1 Å². The van der Waals surface area contributed by atoms with Crippen LogP contribution in [0.1, 0.15) is 39.0 Å². The molecule has 5 nitrogen and oxygen atoms in total. The fourth-order valence-electron chi connectivity index (χ4n) is 2.44. The summed E-state index contributed by atoms with van der Waals surface area (Å²) in [6.07, 6.45) is 4.74. The highest BCUT2D eigenvalue weighted by atomic mass is 16.5. The molecule has 1 aromatic rings. The molecule has 5 heteroatoms. The van der Waals surface area contributed by atoms with Gasteiger partial charge in [-0.15, -0.1) is 0 Å². The summed E-state index contributed by atoms with van der Waals surface area (Å²) in [4.78, 5) is 23.7. The highest BCUT2D eigenvalue weighted by Crippen LogP contribution is 2.17. The Kier molecular flexibility index (Phi) is 5.60. The van der Waals surface area contributed by atoms with Crippen LogP contribution in [0.15, 0.2) is 30.3 Å². The van der Waals surface area contributed by atoms with E-state index >= 15 is 0 Å². The molecule has 1 saturated carbocycles. The van der Waals surface area contributed by atoms with Gasteiger partial charge in [0.1, 0.15) is 5.75 Å². The second-order valence-electron chi connectivity index (χ2n) is 5.37. The molecule has 2 rings (SSSR count). The van der Waals surface area contributed by atoms with Gasteiger partial charge in [-0.25, -0.2) is 4.79 Å². The molecule has 1 fully saturated rings. The zero-order chi connectivity index (χ0) is 15.1. The fraction of sp³-hybridized carbons (Fsp3) is 0.500. The first kappa shape index (κ1) is 15.4. The topological polar surface area (TPSA) is 67.4 Å². The van der Waals surface area contributed by atoms with Crippen molar-refractivity contribution < 1.29 is 14.3 Å². The first-order valence-corrected chi connectivity index (χ1v) is 7.48. The third kappa shape index (κ3) is 5.10. The molecule has 1 atom stereocenters. The third-order valence-electron chi connectivity index (χ3n) is 3.60. The summed E-state index contributed by atoms with van der Waals surface area (Å²) in [5.41, 5.74) is 0. The number of rotatable bonds is 4. The summed E-state index contributed by atoms with van der Waals surface area (Å²) < 4.78 is 5.47. The fourth-order valence-corrected chi connectivity index (χ4v) is 2.44. The van der Waals surface area contributed by atoms with E-state index in [4.69, 9.17) is 4.74 Å². The van der Waals surface area contributed by atoms with Crippen molar-refractivity contribution in [2.75, 3.05) is 0 Å². The lowest BCUT2D eigenvalue weighted by molar-refractivity contribution is -0.126. The van der Waals surface area contributed by atoms with Gasteiger partial charge >= 0.3 is 6.03 Å².